The van der Waals surface area contributed by atoms with Crippen LogP contribution in [0, 0.1) is 0 Å². The summed E-state index contributed by atoms with van der Waals surface area (Å²) in [7, 11) is 1.57. The molecule has 2 rings (SSSR count). The predicted octanol–water partition coefficient (Wildman–Crippen LogP) is 2.30. The van der Waals surface area contributed by atoms with Gasteiger partial charge in [0.1, 0.15) is 24.2 Å². The van der Waals surface area contributed by atoms with Crippen LogP contribution in [0.3, 0.4) is 0 Å². The normalized spacial score (nSPS) is 11.8. The number of carbonyl (C=O) groups excluding carboxylic acids is 1. The van der Waals surface area contributed by atoms with Gasteiger partial charge in [0.15, 0.2) is 5.78 Å². The second-order valence-corrected chi connectivity index (χ2v) is 5.39. The molecular weight excluding hydrogens is 306 g/mol. The van der Waals surface area contributed by atoms with E-state index in [1.165, 1.54) is 0 Å². The van der Waals surface area contributed by atoms with Crippen LogP contribution >= 0.6 is 0 Å². The van der Waals surface area contributed by atoms with Gasteiger partial charge in [0, 0.05) is 25.1 Å². The van der Waals surface area contributed by atoms with Crippen LogP contribution in [0.4, 0.5) is 0 Å². The van der Waals surface area contributed by atoms with Gasteiger partial charge in [-0.2, -0.15) is 0 Å². The molecule has 24 heavy (non-hydrogen) atoms. The Kier molecular flexibility index (Phi) is 7.26. The van der Waals surface area contributed by atoms with E-state index in [9.17, 15) is 9.90 Å². The molecule has 5 heteroatoms. The molecular formula is C19H23NO4. The lowest BCUT2D eigenvalue weighted by Crippen LogP contribution is -2.32. The maximum absolute atomic E-state index is 12.1. The quantitative estimate of drug-likeness (QED) is 0.517. The lowest BCUT2D eigenvalue weighted by atomic mass is 10.1. The number of Topliss-reactive ketones (excluding diaryl/α,β-unsaturated/α-hetero) is 1. The minimum Gasteiger partial charge on any atom is -0.497 e. The SMILES string of the molecule is COc1cccc(C(=O)CCNCC(O)COc2ccccc2)c1. The van der Waals surface area contributed by atoms with Crippen molar-refractivity contribution in [3.8, 4) is 11.5 Å². The first-order valence-corrected chi connectivity index (χ1v) is 7.93. The van der Waals surface area contributed by atoms with Crippen molar-refractivity contribution in [3.63, 3.8) is 0 Å². The molecule has 2 aromatic carbocycles. The Labute approximate surface area is 142 Å². The topological polar surface area (TPSA) is 67.8 Å². The molecule has 0 amide bonds. The summed E-state index contributed by atoms with van der Waals surface area (Å²) in [4.78, 5) is 12.1. The van der Waals surface area contributed by atoms with Crippen LogP contribution in [-0.4, -0.2) is 43.8 Å². The molecule has 2 aromatic rings. The molecule has 0 fully saturated rings. The Morgan fingerprint density at radius 3 is 2.62 bits per heavy atom. The van der Waals surface area contributed by atoms with Crippen molar-refractivity contribution in [3.05, 3.63) is 60.2 Å². The highest BCUT2D eigenvalue weighted by atomic mass is 16.5. The van der Waals surface area contributed by atoms with Crippen LogP contribution in [0.1, 0.15) is 16.8 Å². The molecule has 0 bridgehead atoms. The molecule has 0 radical (unpaired) electrons. The molecule has 1 unspecified atom stereocenters. The highest BCUT2D eigenvalue weighted by molar-refractivity contribution is 5.96. The molecule has 0 heterocycles. The number of hydrogen-bond acceptors (Lipinski definition) is 5. The van der Waals surface area contributed by atoms with E-state index in [-0.39, 0.29) is 12.4 Å². The fourth-order valence-corrected chi connectivity index (χ4v) is 2.18. The van der Waals surface area contributed by atoms with Gasteiger partial charge in [0.2, 0.25) is 0 Å². The third-order valence-corrected chi connectivity index (χ3v) is 3.49. The van der Waals surface area contributed by atoms with Crippen molar-refractivity contribution < 1.29 is 19.4 Å². The Balaban J connectivity index is 1.64. The van der Waals surface area contributed by atoms with Crippen molar-refractivity contribution >= 4 is 5.78 Å². The number of aliphatic hydroxyl groups is 1. The molecule has 5 nitrogen and oxygen atoms in total. The van der Waals surface area contributed by atoms with E-state index in [1.54, 1.807) is 31.4 Å². The van der Waals surface area contributed by atoms with Crippen molar-refractivity contribution in [1.29, 1.82) is 0 Å². The second kappa shape index (κ2) is 9.70. The van der Waals surface area contributed by atoms with E-state index in [2.05, 4.69) is 5.32 Å². The Bertz CT molecular complexity index is 630. The zero-order valence-corrected chi connectivity index (χ0v) is 13.8. The number of carbonyl (C=O) groups is 1. The van der Waals surface area contributed by atoms with Gasteiger partial charge in [0.25, 0.3) is 0 Å². The number of ketones is 1. The van der Waals surface area contributed by atoms with Gasteiger partial charge >= 0.3 is 0 Å². The first-order valence-electron chi connectivity index (χ1n) is 7.93. The third-order valence-electron chi connectivity index (χ3n) is 3.49. The Morgan fingerprint density at radius 1 is 1.12 bits per heavy atom. The summed E-state index contributed by atoms with van der Waals surface area (Å²) >= 11 is 0. The average Bonchev–Trinajstić information content (AvgIpc) is 2.64. The standard InChI is InChI=1S/C19H23NO4/c1-23-18-9-5-6-15(12-18)19(22)10-11-20-13-16(21)14-24-17-7-3-2-4-8-17/h2-9,12,16,20-21H,10-11,13-14H2,1H3. The number of hydrogen-bond donors (Lipinski definition) is 2. The van der Waals surface area contributed by atoms with Gasteiger partial charge in [-0.05, 0) is 24.3 Å². The monoisotopic (exact) mass is 329 g/mol. The van der Waals surface area contributed by atoms with E-state index in [0.29, 0.717) is 30.8 Å². The van der Waals surface area contributed by atoms with Gasteiger partial charge in [-0.3, -0.25) is 4.79 Å². The molecule has 0 aromatic heterocycles. The number of nitrogens with one attached hydrogen (secondary N) is 1. The van der Waals surface area contributed by atoms with Crippen molar-refractivity contribution in [1.82, 2.24) is 5.32 Å². The fourth-order valence-electron chi connectivity index (χ4n) is 2.18. The van der Waals surface area contributed by atoms with Crippen LogP contribution in [0.25, 0.3) is 0 Å². The van der Waals surface area contributed by atoms with E-state index in [4.69, 9.17) is 9.47 Å². The van der Waals surface area contributed by atoms with Crippen molar-refractivity contribution in [2.24, 2.45) is 0 Å². The van der Waals surface area contributed by atoms with Crippen LogP contribution in [0.15, 0.2) is 54.6 Å². The predicted molar refractivity (Wildman–Crippen MR) is 92.8 cm³/mol. The Hall–Kier alpha value is -2.37. The minimum atomic E-state index is -0.628. The van der Waals surface area contributed by atoms with Gasteiger partial charge in [0.05, 0.1) is 7.11 Å². The van der Waals surface area contributed by atoms with Gasteiger partial charge in [-0.15, -0.1) is 0 Å². The van der Waals surface area contributed by atoms with E-state index < -0.39 is 6.10 Å². The zero-order valence-electron chi connectivity index (χ0n) is 13.8. The van der Waals surface area contributed by atoms with Crippen LogP contribution in [0.5, 0.6) is 11.5 Å². The largest absolute Gasteiger partial charge is 0.497 e. The molecule has 0 saturated carbocycles. The summed E-state index contributed by atoms with van der Waals surface area (Å²) in [6, 6.07) is 16.4. The zero-order chi connectivity index (χ0) is 17.2. The number of benzene rings is 2. The van der Waals surface area contributed by atoms with Crippen molar-refractivity contribution in [2.45, 2.75) is 12.5 Å². The summed E-state index contributed by atoms with van der Waals surface area (Å²) in [5.74, 6) is 1.43. The smallest absolute Gasteiger partial charge is 0.164 e. The van der Waals surface area contributed by atoms with E-state index in [1.807, 2.05) is 30.3 Å². The third kappa shape index (κ3) is 6.02. The van der Waals surface area contributed by atoms with Gasteiger partial charge in [-0.1, -0.05) is 30.3 Å². The van der Waals surface area contributed by atoms with Crippen LogP contribution in [-0.2, 0) is 0 Å². The average molecular weight is 329 g/mol. The van der Waals surface area contributed by atoms with Crippen LogP contribution in [0.2, 0.25) is 0 Å². The fraction of sp³-hybridized carbons (Fsp3) is 0.316. The van der Waals surface area contributed by atoms with E-state index >= 15 is 0 Å². The second-order valence-electron chi connectivity index (χ2n) is 5.39. The molecule has 0 aliphatic carbocycles. The van der Waals surface area contributed by atoms with Gasteiger partial charge < -0.3 is 19.9 Å². The highest BCUT2D eigenvalue weighted by Crippen LogP contribution is 2.13. The number of ether oxygens (including phenoxy) is 2. The van der Waals surface area contributed by atoms with Crippen LogP contribution < -0.4 is 14.8 Å². The van der Waals surface area contributed by atoms with E-state index in [0.717, 1.165) is 5.75 Å². The summed E-state index contributed by atoms with van der Waals surface area (Å²) in [6.07, 6.45) is -0.267. The van der Waals surface area contributed by atoms with Gasteiger partial charge in [-0.25, -0.2) is 0 Å². The lowest BCUT2D eigenvalue weighted by Gasteiger charge is -2.13. The summed E-state index contributed by atoms with van der Waals surface area (Å²) < 4.78 is 10.6. The molecule has 2 N–H and O–H groups in total. The number of methoxy groups -OCH3 is 1. The number of para-hydroxylation sites is 1. The first-order chi connectivity index (χ1) is 11.7. The lowest BCUT2D eigenvalue weighted by molar-refractivity contribution is 0.0962. The molecule has 128 valence electrons. The molecule has 1 atom stereocenters. The minimum absolute atomic E-state index is 0.0384. The maximum Gasteiger partial charge on any atom is 0.164 e. The Morgan fingerprint density at radius 2 is 1.88 bits per heavy atom. The molecule has 0 aliphatic rings. The van der Waals surface area contributed by atoms with Crippen molar-refractivity contribution in [2.75, 3.05) is 26.8 Å². The maximum atomic E-state index is 12.1. The summed E-state index contributed by atoms with van der Waals surface area (Å²) in [6.45, 7) is 1.08. The first kappa shape index (κ1) is 18.0. The molecule has 0 saturated heterocycles. The summed E-state index contributed by atoms with van der Waals surface area (Å²) in [5, 5.41) is 12.9. The number of aliphatic hydroxyl groups excluding tert-OH is 1. The molecule has 0 aliphatic heterocycles. The highest BCUT2D eigenvalue weighted by Gasteiger charge is 2.08. The number of rotatable bonds is 10. The summed E-state index contributed by atoms with van der Waals surface area (Å²) in [5.41, 5.74) is 0.629. The molecule has 0 spiro atoms.